The molecule has 7 heteroatoms. The summed E-state index contributed by atoms with van der Waals surface area (Å²) in [7, 11) is -3.73. The van der Waals surface area contributed by atoms with E-state index in [0.717, 1.165) is 12.1 Å². The van der Waals surface area contributed by atoms with Crippen LogP contribution in [-0.4, -0.2) is 8.42 Å². The maximum Gasteiger partial charge on any atom is 0.236 e. The standard InChI is InChI=1S/C14H12FN3O2S/c15-12-4-5-14(11(7-12)8-16)18-21(19,20)9-10-2-1-3-13(17)6-10/h1-7,18H,9,17H2. The van der Waals surface area contributed by atoms with Gasteiger partial charge in [-0.15, -0.1) is 0 Å². The summed E-state index contributed by atoms with van der Waals surface area (Å²) in [4.78, 5) is 0. The molecule has 0 aliphatic carbocycles. The number of nitrogen functional groups attached to an aromatic ring is 1. The molecule has 3 N–H and O–H groups in total. The molecule has 0 spiro atoms. The number of nitrogens with two attached hydrogens (primary N) is 1. The summed E-state index contributed by atoms with van der Waals surface area (Å²) in [5, 5.41) is 8.90. The average molecular weight is 305 g/mol. The smallest absolute Gasteiger partial charge is 0.236 e. The van der Waals surface area contributed by atoms with E-state index in [4.69, 9.17) is 11.0 Å². The Balaban J connectivity index is 2.24. The van der Waals surface area contributed by atoms with Crippen LogP contribution in [0.15, 0.2) is 42.5 Å². The third-order valence-electron chi connectivity index (χ3n) is 2.68. The molecule has 0 aliphatic heterocycles. The zero-order valence-corrected chi connectivity index (χ0v) is 11.7. The number of anilines is 2. The number of benzene rings is 2. The second-order valence-corrected chi connectivity index (χ2v) is 6.13. The van der Waals surface area contributed by atoms with Gasteiger partial charge in [0.15, 0.2) is 0 Å². The normalized spacial score (nSPS) is 10.9. The molecule has 2 rings (SSSR count). The Morgan fingerprint density at radius 3 is 2.67 bits per heavy atom. The number of hydrogen-bond acceptors (Lipinski definition) is 4. The average Bonchev–Trinajstić information content (AvgIpc) is 2.40. The molecule has 0 aromatic heterocycles. The lowest BCUT2D eigenvalue weighted by Gasteiger charge is -2.10. The highest BCUT2D eigenvalue weighted by atomic mass is 32.2. The number of sulfonamides is 1. The molecule has 0 unspecified atom stereocenters. The van der Waals surface area contributed by atoms with Crippen LogP contribution in [-0.2, 0) is 15.8 Å². The molecule has 108 valence electrons. The van der Waals surface area contributed by atoms with Gasteiger partial charge < -0.3 is 5.73 Å². The minimum Gasteiger partial charge on any atom is -0.399 e. The highest BCUT2D eigenvalue weighted by molar-refractivity contribution is 7.91. The van der Waals surface area contributed by atoms with Crippen LogP contribution >= 0.6 is 0 Å². The van der Waals surface area contributed by atoms with E-state index in [0.29, 0.717) is 11.3 Å². The first-order valence-corrected chi connectivity index (χ1v) is 7.59. The Hall–Kier alpha value is -2.59. The third-order valence-corrected chi connectivity index (χ3v) is 3.92. The van der Waals surface area contributed by atoms with Crippen molar-refractivity contribution >= 4 is 21.4 Å². The topological polar surface area (TPSA) is 96.0 Å². The molecular formula is C14H12FN3O2S. The lowest BCUT2D eigenvalue weighted by atomic mass is 10.2. The van der Waals surface area contributed by atoms with Gasteiger partial charge in [-0.2, -0.15) is 5.26 Å². The van der Waals surface area contributed by atoms with Crippen LogP contribution < -0.4 is 10.5 Å². The quantitative estimate of drug-likeness (QED) is 0.846. The summed E-state index contributed by atoms with van der Waals surface area (Å²) in [5.41, 5.74) is 6.54. The van der Waals surface area contributed by atoms with Gasteiger partial charge in [0, 0.05) is 5.69 Å². The second kappa shape index (κ2) is 5.81. The first kappa shape index (κ1) is 14.8. The van der Waals surface area contributed by atoms with Crippen LogP contribution in [0.2, 0.25) is 0 Å². The van der Waals surface area contributed by atoms with Crippen molar-refractivity contribution in [2.75, 3.05) is 10.5 Å². The molecule has 0 saturated heterocycles. The first-order valence-electron chi connectivity index (χ1n) is 5.94. The van der Waals surface area contributed by atoms with Crippen LogP contribution in [0.1, 0.15) is 11.1 Å². The van der Waals surface area contributed by atoms with E-state index >= 15 is 0 Å². The molecular weight excluding hydrogens is 293 g/mol. The fraction of sp³-hybridized carbons (Fsp3) is 0.0714. The van der Waals surface area contributed by atoms with E-state index in [2.05, 4.69) is 4.72 Å². The molecule has 2 aromatic rings. The number of nitrogens with zero attached hydrogens (tertiary/aromatic N) is 1. The van der Waals surface area contributed by atoms with Crippen LogP contribution in [0.4, 0.5) is 15.8 Å². The largest absolute Gasteiger partial charge is 0.399 e. The Morgan fingerprint density at radius 2 is 2.00 bits per heavy atom. The van der Waals surface area contributed by atoms with Gasteiger partial charge in [-0.05, 0) is 35.9 Å². The Kier molecular flexibility index (Phi) is 4.10. The highest BCUT2D eigenvalue weighted by Gasteiger charge is 2.14. The number of nitrogens with one attached hydrogen (secondary N) is 1. The summed E-state index contributed by atoms with van der Waals surface area (Å²) in [6, 6.07) is 11.5. The van der Waals surface area contributed by atoms with Crippen molar-refractivity contribution < 1.29 is 12.8 Å². The molecule has 5 nitrogen and oxygen atoms in total. The van der Waals surface area contributed by atoms with Crippen LogP contribution in [0, 0.1) is 17.1 Å². The van der Waals surface area contributed by atoms with Gasteiger partial charge in [0.1, 0.15) is 11.9 Å². The van der Waals surface area contributed by atoms with Gasteiger partial charge in [-0.1, -0.05) is 12.1 Å². The zero-order chi connectivity index (χ0) is 15.5. The fourth-order valence-electron chi connectivity index (χ4n) is 1.80. The van der Waals surface area contributed by atoms with E-state index in [-0.39, 0.29) is 17.0 Å². The highest BCUT2D eigenvalue weighted by Crippen LogP contribution is 2.19. The second-order valence-electron chi connectivity index (χ2n) is 4.41. The van der Waals surface area contributed by atoms with E-state index < -0.39 is 15.8 Å². The fourth-order valence-corrected chi connectivity index (χ4v) is 3.01. The van der Waals surface area contributed by atoms with E-state index in [1.54, 1.807) is 30.3 Å². The van der Waals surface area contributed by atoms with Crippen molar-refractivity contribution in [2.45, 2.75) is 5.75 Å². The third kappa shape index (κ3) is 3.94. The van der Waals surface area contributed by atoms with Crippen molar-refractivity contribution in [1.82, 2.24) is 0 Å². The number of halogens is 1. The lowest BCUT2D eigenvalue weighted by Crippen LogP contribution is -2.16. The van der Waals surface area contributed by atoms with Crippen molar-refractivity contribution in [3.05, 3.63) is 59.4 Å². The predicted molar refractivity (Wildman–Crippen MR) is 78.2 cm³/mol. The van der Waals surface area contributed by atoms with E-state index in [1.165, 1.54) is 6.07 Å². The summed E-state index contributed by atoms with van der Waals surface area (Å²) in [5.74, 6) is -0.898. The maximum atomic E-state index is 13.0. The molecule has 0 bridgehead atoms. The van der Waals surface area contributed by atoms with Gasteiger partial charge in [-0.25, -0.2) is 12.8 Å². The van der Waals surface area contributed by atoms with Crippen molar-refractivity contribution in [1.29, 1.82) is 5.26 Å². The lowest BCUT2D eigenvalue weighted by molar-refractivity contribution is 0.600. The zero-order valence-electron chi connectivity index (χ0n) is 10.9. The van der Waals surface area contributed by atoms with Crippen molar-refractivity contribution in [2.24, 2.45) is 0 Å². The monoisotopic (exact) mass is 305 g/mol. The minimum atomic E-state index is -3.73. The summed E-state index contributed by atoms with van der Waals surface area (Å²) in [6.07, 6.45) is 0. The van der Waals surface area contributed by atoms with Crippen molar-refractivity contribution in [3.63, 3.8) is 0 Å². The van der Waals surface area contributed by atoms with Gasteiger partial charge in [0.05, 0.1) is 17.0 Å². The number of rotatable bonds is 4. The Bertz CT molecular complexity index is 813. The van der Waals surface area contributed by atoms with Crippen molar-refractivity contribution in [3.8, 4) is 6.07 Å². The molecule has 21 heavy (non-hydrogen) atoms. The Labute approximate surface area is 121 Å². The SMILES string of the molecule is N#Cc1cc(F)ccc1NS(=O)(=O)Cc1cccc(N)c1. The number of hydrogen-bond donors (Lipinski definition) is 2. The molecule has 0 heterocycles. The molecule has 0 amide bonds. The predicted octanol–water partition coefficient (Wildman–Crippen LogP) is 2.22. The van der Waals surface area contributed by atoms with E-state index in [9.17, 15) is 12.8 Å². The molecule has 0 fully saturated rings. The van der Waals surface area contributed by atoms with Gasteiger partial charge in [0.25, 0.3) is 0 Å². The summed E-state index contributed by atoms with van der Waals surface area (Å²) in [6.45, 7) is 0. The van der Waals surface area contributed by atoms with Crippen LogP contribution in [0.25, 0.3) is 0 Å². The van der Waals surface area contributed by atoms with Gasteiger partial charge in [-0.3, -0.25) is 4.72 Å². The van der Waals surface area contributed by atoms with Gasteiger partial charge >= 0.3 is 0 Å². The minimum absolute atomic E-state index is 0.0443. The molecule has 0 radical (unpaired) electrons. The summed E-state index contributed by atoms with van der Waals surface area (Å²) >= 11 is 0. The first-order chi connectivity index (χ1) is 9.89. The molecule has 0 aliphatic rings. The summed E-state index contributed by atoms with van der Waals surface area (Å²) < 4.78 is 39.4. The molecule has 2 aromatic carbocycles. The van der Waals surface area contributed by atoms with E-state index in [1.807, 2.05) is 0 Å². The molecule has 0 saturated carbocycles. The van der Waals surface area contributed by atoms with Crippen LogP contribution in [0.5, 0.6) is 0 Å². The maximum absolute atomic E-state index is 13.0. The van der Waals surface area contributed by atoms with Gasteiger partial charge in [0.2, 0.25) is 10.0 Å². The van der Waals surface area contributed by atoms with Crippen LogP contribution in [0.3, 0.4) is 0 Å². The molecule has 0 atom stereocenters. The number of nitriles is 1. The Morgan fingerprint density at radius 1 is 1.24 bits per heavy atom.